The van der Waals surface area contributed by atoms with Gasteiger partial charge in [0.15, 0.2) is 0 Å². The zero-order valence-electron chi connectivity index (χ0n) is 16.9. The highest BCUT2D eigenvalue weighted by Gasteiger charge is 2.13. The first-order valence-electron chi connectivity index (χ1n) is 10.5. The molecule has 0 amide bonds. The van der Waals surface area contributed by atoms with Gasteiger partial charge in [0, 0.05) is 18.7 Å². The maximum Gasteiger partial charge on any atom is 0.306 e. The second-order valence-corrected chi connectivity index (χ2v) is 7.28. The molecule has 0 aromatic rings. The van der Waals surface area contributed by atoms with Crippen molar-refractivity contribution in [3.05, 3.63) is 0 Å². The monoisotopic (exact) mass is 390 g/mol. The molecule has 154 valence electrons. The van der Waals surface area contributed by atoms with Gasteiger partial charge < -0.3 is 9.47 Å². The molecule has 5 heteroatoms. The number of alkyl halides is 1. The van der Waals surface area contributed by atoms with Crippen LogP contribution in [0.15, 0.2) is 0 Å². The molecule has 0 N–H and O–H groups in total. The molecular weight excluding hydrogens is 352 g/mol. The fourth-order valence-electron chi connectivity index (χ4n) is 2.75. The smallest absolute Gasteiger partial charge is 0.306 e. The summed E-state index contributed by atoms with van der Waals surface area (Å²) in [6.45, 7) is 4.68. The quantitative estimate of drug-likeness (QED) is 0.159. The van der Waals surface area contributed by atoms with Crippen LogP contribution in [-0.4, -0.2) is 30.5 Å². The summed E-state index contributed by atoms with van der Waals surface area (Å²) in [6, 6.07) is 0. The Morgan fingerprint density at radius 3 is 2.12 bits per heavy atom. The van der Waals surface area contributed by atoms with E-state index in [4.69, 9.17) is 21.1 Å². The summed E-state index contributed by atoms with van der Waals surface area (Å²) in [5.41, 5.74) is 0. The van der Waals surface area contributed by atoms with E-state index in [1.54, 1.807) is 0 Å². The van der Waals surface area contributed by atoms with Crippen molar-refractivity contribution in [1.29, 1.82) is 0 Å². The molecule has 26 heavy (non-hydrogen) atoms. The van der Waals surface area contributed by atoms with Gasteiger partial charge in [-0.2, -0.15) is 0 Å². The van der Waals surface area contributed by atoms with Gasteiger partial charge >= 0.3 is 11.9 Å². The van der Waals surface area contributed by atoms with Gasteiger partial charge in [0.25, 0.3) is 0 Å². The Morgan fingerprint density at radius 2 is 1.46 bits per heavy atom. The molecule has 0 aromatic heterocycles. The zero-order valence-corrected chi connectivity index (χ0v) is 17.7. The molecule has 0 aromatic carbocycles. The molecule has 0 aliphatic rings. The Labute approximate surface area is 165 Å². The maximum atomic E-state index is 11.9. The lowest BCUT2D eigenvalue weighted by molar-refractivity contribution is -0.150. The number of ether oxygens (including phenoxy) is 2. The fraction of sp³-hybridized carbons (Fsp3) is 0.905. The summed E-state index contributed by atoms with van der Waals surface area (Å²) in [4.78, 5) is 23.5. The lowest BCUT2D eigenvalue weighted by atomic mass is 10.1. The summed E-state index contributed by atoms with van der Waals surface area (Å²) < 4.78 is 10.7. The van der Waals surface area contributed by atoms with Crippen molar-refractivity contribution in [3.8, 4) is 0 Å². The summed E-state index contributed by atoms with van der Waals surface area (Å²) in [6.07, 6.45) is 12.9. The van der Waals surface area contributed by atoms with E-state index in [2.05, 4.69) is 6.92 Å². The summed E-state index contributed by atoms with van der Waals surface area (Å²) in [5, 5.41) is 0. The van der Waals surface area contributed by atoms with Crippen LogP contribution in [-0.2, 0) is 19.1 Å². The van der Waals surface area contributed by atoms with E-state index >= 15 is 0 Å². The second kappa shape index (κ2) is 19.0. The molecule has 0 fully saturated rings. The van der Waals surface area contributed by atoms with E-state index in [-0.39, 0.29) is 24.5 Å². The van der Waals surface area contributed by atoms with Crippen LogP contribution in [0.3, 0.4) is 0 Å². The normalized spacial score (nSPS) is 12.0. The molecule has 0 aliphatic carbocycles. The summed E-state index contributed by atoms with van der Waals surface area (Å²) in [7, 11) is 0. The zero-order chi connectivity index (χ0) is 19.5. The van der Waals surface area contributed by atoms with E-state index in [0.717, 1.165) is 50.8 Å². The average Bonchev–Trinajstić information content (AvgIpc) is 2.63. The van der Waals surface area contributed by atoms with Crippen LogP contribution in [0.25, 0.3) is 0 Å². The van der Waals surface area contributed by atoms with Crippen molar-refractivity contribution in [1.82, 2.24) is 0 Å². The second-order valence-electron chi connectivity index (χ2n) is 6.90. The predicted octanol–water partition coefficient (Wildman–Crippen LogP) is 6.18. The molecule has 0 saturated carbocycles. The van der Waals surface area contributed by atoms with Crippen LogP contribution in [0.1, 0.15) is 104 Å². The highest BCUT2D eigenvalue weighted by Crippen LogP contribution is 2.12. The molecule has 0 bridgehead atoms. The minimum Gasteiger partial charge on any atom is -0.466 e. The van der Waals surface area contributed by atoms with E-state index < -0.39 is 0 Å². The molecule has 0 saturated heterocycles. The lowest BCUT2D eigenvalue weighted by Crippen LogP contribution is -2.17. The van der Waals surface area contributed by atoms with Crippen LogP contribution < -0.4 is 0 Å². The number of esters is 2. The van der Waals surface area contributed by atoms with Gasteiger partial charge in [0.2, 0.25) is 0 Å². The molecule has 1 atom stereocenters. The Bertz CT molecular complexity index is 347. The molecule has 1 unspecified atom stereocenters. The number of unbranched alkanes of at least 4 members (excludes halogenated alkanes) is 7. The first kappa shape index (κ1) is 25.2. The van der Waals surface area contributed by atoms with E-state index in [9.17, 15) is 9.59 Å². The number of carbonyl (C=O) groups is 2. The Balaban J connectivity index is 3.57. The van der Waals surface area contributed by atoms with Crippen LogP contribution in [0.4, 0.5) is 0 Å². The van der Waals surface area contributed by atoms with E-state index in [0.29, 0.717) is 19.4 Å². The third-order valence-electron chi connectivity index (χ3n) is 4.44. The molecule has 4 nitrogen and oxygen atoms in total. The molecule has 0 aliphatic heterocycles. The summed E-state index contributed by atoms with van der Waals surface area (Å²) >= 11 is 5.63. The van der Waals surface area contributed by atoms with Crippen LogP contribution in [0.5, 0.6) is 0 Å². The Kier molecular flexibility index (Phi) is 18.4. The van der Waals surface area contributed by atoms with Gasteiger partial charge in [0.1, 0.15) is 6.10 Å². The number of carbonyl (C=O) groups excluding carboxylic acids is 2. The SMILES string of the molecule is CCCCCC(CC)OC(=O)CCCC(=O)OCCCCCCCCCl. The third-order valence-corrected chi connectivity index (χ3v) is 4.70. The van der Waals surface area contributed by atoms with Gasteiger partial charge in [-0.25, -0.2) is 0 Å². The molecular formula is C21H39ClO4. The number of rotatable bonds is 18. The van der Waals surface area contributed by atoms with Crippen LogP contribution in [0.2, 0.25) is 0 Å². The first-order valence-corrected chi connectivity index (χ1v) is 11.1. The third kappa shape index (κ3) is 16.7. The van der Waals surface area contributed by atoms with E-state index in [1.165, 1.54) is 25.7 Å². The topological polar surface area (TPSA) is 52.6 Å². The van der Waals surface area contributed by atoms with Crippen LogP contribution in [0, 0.1) is 0 Å². The van der Waals surface area contributed by atoms with Crippen molar-refractivity contribution in [2.45, 2.75) is 110 Å². The highest BCUT2D eigenvalue weighted by molar-refractivity contribution is 6.17. The fourth-order valence-corrected chi connectivity index (χ4v) is 2.94. The lowest BCUT2D eigenvalue weighted by Gasteiger charge is -2.15. The number of hydrogen-bond donors (Lipinski definition) is 0. The highest BCUT2D eigenvalue weighted by atomic mass is 35.5. The molecule has 0 spiro atoms. The predicted molar refractivity (Wildman–Crippen MR) is 108 cm³/mol. The maximum absolute atomic E-state index is 11.9. The van der Waals surface area contributed by atoms with Crippen molar-refractivity contribution in [2.75, 3.05) is 12.5 Å². The van der Waals surface area contributed by atoms with Gasteiger partial charge in [-0.05, 0) is 38.5 Å². The van der Waals surface area contributed by atoms with Crippen molar-refractivity contribution < 1.29 is 19.1 Å². The van der Waals surface area contributed by atoms with E-state index in [1.807, 2.05) is 6.92 Å². The van der Waals surface area contributed by atoms with Crippen molar-refractivity contribution in [3.63, 3.8) is 0 Å². The minimum atomic E-state index is -0.213. The Hall–Kier alpha value is -0.770. The van der Waals surface area contributed by atoms with Crippen molar-refractivity contribution >= 4 is 23.5 Å². The van der Waals surface area contributed by atoms with Gasteiger partial charge in [-0.3, -0.25) is 9.59 Å². The largest absolute Gasteiger partial charge is 0.466 e. The first-order chi connectivity index (χ1) is 12.6. The molecule has 0 radical (unpaired) electrons. The van der Waals surface area contributed by atoms with Crippen LogP contribution >= 0.6 is 11.6 Å². The van der Waals surface area contributed by atoms with Gasteiger partial charge in [-0.1, -0.05) is 52.4 Å². The number of halogens is 1. The average molecular weight is 391 g/mol. The summed E-state index contributed by atoms with van der Waals surface area (Å²) in [5.74, 6) is 0.330. The standard InChI is InChI=1S/C21H39ClO4/c1-3-5-10-14-19(4-2)26-21(24)16-13-15-20(23)25-18-12-9-7-6-8-11-17-22/h19H,3-18H2,1-2H3. The van der Waals surface area contributed by atoms with Crippen molar-refractivity contribution in [2.24, 2.45) is 0 Å². The number of hydrogen-bond acceptors (Lipinski definition) is 4. The minimum absolute atomic E-state index is 0.0189. The molecule has 0 heterocycles. The van der Waals surface area contributed by atoms with Gasteiger partial charge in [-0.15, -0.1) is 11.6 Å². The Morgan fingerprint density at radius 1 is 0.808 bits per heavy atom. The molecule has 0 rings (SSSR count). The van der Waals surface area contributed by atoms with Gasteiger partial charge in [0.05, 0.1) is 6.61 Å².